The van der Waals surface area contributed by atoms with Gasteiger partial charge in [0.05, 0.1) is 7.11 Å². The van der Waals surface area contributed by atoms with Gasteiger partial charge in [0.25, 0.3) is 0 Å². The number of Topliss-reactive ketones (excluding diaryl/α,β-unsaturated/α-hetero) is 1. The smallest absolute Gasteiger partial charge is 0.137 e. The van der Waals surface area contributed by atoms with E-state index in [0.717, 1.165) is 23.3 Å². The van der Waals surface area contributed by atoms with Crippen LogP contribution in [0.4, 0.5) is 0 Å². The molecule has 1 rings (SSSR count). The summed E-state index contributed by atoms with van der Waals surface area (Å²) >= 11 is 0. The number of benzene rings is 1. The van der Waals surface area contributed by atoms with Gasteiger partial charge < -0.3 is 4.74 Å². The molecular weight excluding hydrogens is 188 g/mol. The molecule has 0 N–H and O–H groups in total. The maximum absolute atomic E-state index is 11.5. The van der Waals surface area contributed by atoms with Crippen LogP contribution in [-0.4, -0.2) is 12.9 Å². The Balaban J connectivity index is 2.80. The topological polar surface area (TPSA) is 26.3 Å². The van der Waals surface area contributed by atoms with Crippen molar-refractivity contribution >= 4 is 5.78 Å². The van der Waals surface area contributed by atoms with Crippen LogP contribution in [0.1, 0.15) is 30.9 Å². The van der Waals surface area contributed by atoms with E-state index < -0.39 is 0 Å². The molecule has 1 aromatic carbocycles. The summed E-state index contributed by atoms with van der Waals surface area (Å²) in [6.07, 6.45) is 2.04. The Bertz CT molecular complexity index is 342. The molecule has 0 aromatic heterocycles. The van der Waals surface area contributed by atoms with Crippen molar-refractivity contribution in [2.75, 3.05) is 7.11 Å². The molecule has 0 aliphatic carbocycles. The molecule has 0 atom stereocenters. The first-order valence-corrected chi connectivity index (χ1v) is 5.32. The van der Waals surface area contributed by atoms with Crippen LogP contribution < -0.4 is 4.74 Å². The third kappa shape index (κ3) is 3.39. The van der Waals surface area contributed by atoms with Crippen molar-refractivity contribution in [3.63, 3.8) is 0 Å². The lowest BCUT2D eigenvalue weighted by Gasteiger charge is -2.08. The summed E-state index contributed by atoms with van der Waals surface area (Å²) in [6, 6.07) is 5.95. The Hall–Kier alpha value is -1.31. The number of ether oxygens (including phenoxy) is 1. The zero-order valence-electron chi connectivity index (χ0n) is 9.67. The molecule has 0 aliphatic heterocycles. The third-order valence-electron chi connectivity index (χ3n) is 2.36. The fraction of sp³-hybridized carbons (Fsp3) is 0.462. The van der Waals surface area contributed by atoms with Gasteiger partial charge in [0.2, 0.25) is 0 Å². The molecule has 0 amide bonds. The summed E-state index contributed by atoms with van der Waals surface area (Å²) < 4.78 is 5.25. The van der Waals surface area contributed by atoms with Crippen molar-refractivity contribution in [2.45, 2.75) is 33.1 Å². The van der Waals surface area contributed by atoms with E-state index in [1.807, 2.05) is 32.0 Å². The van der Waals surface area contributed by atoms with Crippen LogP contribution in [0.3, 0.4) is 0 Å². The number of carbonyl (C=O) groups excluding carboxylic acids is 1. The highest BCUT2D eigenvalue weighted by molar-refractivity contribution is 5.81. The number of rotatable bonds is 5. The number of carbonyl (C=O) groups is 1. The molecule has 0 fully saturated rings. The van der Waals surface area contributed by atoms with Crippen LogP contribution in [0, 0.1) is 6.92 Å². The minimum atomic E-state index is 0.277. The van der Waals surface area contributed by atoms with Gasteiger partial charge in [-0.3, -0.25) is 4.79 Å². The van der Waals surface area contributed by atoms with Gasteiger partial charge in [-0.05, 0) is 25.0 Å². The van der Waals surface area contributed by atoms with Gasteiger partial charge in [-0.15, -0.1) is 0 Å². The highest BCUT2D eigenvalue weighted by atomic mass is 16.5. The summed E-state index contributed by atoms with van der Waals surface area (Å²) in [5.74, 6) is 1.10. The lowest BCUT2D eigenvalue weighted by Crippen LogP contribution is -2.03. The molecule has 0 saturated heterocycles. The fourth-order valence-corrected chi connectivity index (χ4v) is 1.58. The second-order valence-electron chi connectivity index (χ2n) is 3.78. The van der Waals surface area contributed by atoms with Gasteiger partial charge in [-0.2, -0.15) is 0 Å². The molecule has 2 nitrogen and oxygen atoms in total. The molecule has 0 spiro atoms. The third-order valence-corrected chi connectivity index (χ3v) is 2.36. The van der Waals surface area contributed by atoms with Crippen molar-refractivity contribution in [2.24, 2.45) is 0 Å². The fourth-order valence-electron chi connectivity index (χ4n) is 1.58. The summed E-state index contributed by atoms with van der Waals surface area (Å²) in [4.78, 5) is 11.5. The van der Waals surface area contributed by atoms with Crippen LogP contribution in [-0.2, 0) is 11.2 Å². The molecule has 0 heterocycles. The van der Waals surface area contributed by atoms with E-state index in [-0.39, 0.29) is 5.78 Å². The zero-order chi connectivity index (χ0) is 11.3. The number of hydrogen-bond donors (Lipinski definition) is 0. The van der Waals surface area contributed by atoms with E-state index in [1.54, 1.807) is 7.11 Å². The van der Waals surface area contributed by atoms with Gasteiger partial charge >= 0.3 is 0 Å². The maximum atomic E-state index is 11.5. The predicted molar refractivity (Wildman–Crippen MR) is 61.4 cm³/mol. The van der Waals surface area contributed by atoms with Crippen LogP contribution in [0.2, 0.25) is 0 Å². The zero-order valence-corrected chi connectivity index (χ0v) is 9.67. The minimum Gasteiger partial charge on any atom is -0.496 e. The van der Waals surface area contributed by atoms with E-state index in [9.17, 15) is 4.79 Å². The van der Waals surface area contributed by atoms with E-state index in [4.69, 9.17) is 4.74 Å². The van der Waals surface area contributed by atoms with Crippen LogP contribution in [0.5, 0.6) is 5.75 Å². The van der Waals surface area contributed by atoms with Crippen molar-refractivity contribution in [1.82, 2.24) is 0 Å². The van der Waals surface area contributed by atoms with Gasteiger partial charge in [-0.1, -0.05) is 19.1 Å². The Morgan fingerprint density at radius 2 is 2.13 bits per heavy atom. The Morgan fingerprint density at radius 1 is 1.40 bits per heavy atom. The summed E-state index contributed by atoms with van der Waals surface area (Å²) in [5.41, 5.74) is 2.14. The SMILES string of the molecule is CCCC(=O)Cc1ccc(C)cc1OC. The van der Waals surface area contributed by atoms with E-state index >= 15 is 0 Å². The summed E-state index contributed by atoms with van der Waals surface area (Å²) in [5, 5.41) is 0. The molecule has 1 aromatic rings. The molecule has 0 aliphatic rings. The van der Waals surface area contributed by atoms with Gasteiger partial charge in [0.1, 0.15) is 11.5 Å². The molecule has 0 bridgehead atoms. The molecular formula is C13H18O2. The summed E-state index contributed by atoms with van der Waals surface area (Å²) in [7, 11) is 1.64. The first-order chi connectivity index (χ1) is 7.17. The highest BCUT2D eigenvalue weighted by Gasteiger charge is 2.07. The van der Waals surface area contributed by atoms with Gasteiger partial charge in [0, 0.05) is 18.4 Å². The van der Waals surface area contributed by atoms with E-state index in [1.165, 1.54) is 0 Å². The maximum Gasteiger partial charge on any atom is 0.137 e. The molecule has 0 saturated carbocycles. The van der Waals surface area contributed by atoms with Crippen molar-refractivity contribution < 1.29 is 9.53 Å². The molecule has 0 radical (unpaired) electrons. The first-order valence-electron chi connectivity index (χ1n) is 5.32. The summed E-state index contributed by atoms with van der Waals surface area (Å²) in [6.45, 7) is 4.03. The molecule has 0 unspecified atom stereocenters. The largest absolute Gasteiger partial charge is 0.496 e. The van der Waals surface area contributed by atoms with E-state index in [0.29, 0.717) is 12.8 Å². The number of aryl methyl sites for hydroxylation is 1. The Kier molecular flexibility index (Phi) is 4.35. The van der Waals surface area contributed by atoms with Crippen LogP contribution in [0.25, 0.3) is 0 Å². The quantitative estimate of drug-likeness (QED) is 0.740. The second kappa shape index (κ2) is 5.54. The van der Waals surface area contributed by atoms with Crippen molar-refractivity contribution in [3.8, 4) is 5.75 Å². The Morgan fingerprint density at radius 3 is 2.73 bits per heavy atom. The minimum absolute atomic E-state index is 0.277. The molecule has 15 heavy (non-hydrogen) atoms. The average molecular weight is 206 g/mol. The average Bonchev–Trinajstić information content (AvgIpc) is 2.21. The number of hydrogen-bond acceptors (Lipinski definition) is 2. The van der Waals surface area contributed by atoms with Gasteiger partial charge in [-0.25, -0.2) is 0 Å². The van der Waals surface area contributed by atoms with E-state index in [2.05, 4.69) is 0 Å². The second-order valence-corrected chi connectivity index (χ2v) is 3.78. The normalized spacial score (nSPS) is 10.1. The predicted octanol–water partition coefficient (Wildman–Crippen LogP) is 2.92. The number of methoxy groups -OCH3 is 1. The van der Waals surface area contributed by atoms with Gasteiger partial charge in [0.15, 0.2) is 0 Å². The Labute approximate surface area is 91.3 Å². The standard InChI is InChI=1S/C13H18O2/c1-4-5-12(14)9-11-7-6-10(2)8-13(11)15-3/h6-8H,4-5,9H2,1-3H3. The highest BCUT2D eigenvalue weighted by Crippen LogP contribution is 2.20. The number of ketones is 1. The molecule has 82 valence electrons. The lowest BCUT2D eigenvalue weighted by atomic mass is 10.0. The molecule has 2 heteroatoms. The van der Waals surface area contributed by atoms with Crippen LogP contribution >= 0.6 is 0 Å². The van der Waals surface area contributed by atoms with Crippen molar-refractivity contribution in [1.29, 1.82) is 0 Å². The first kappa shape index (κ1) is 11.8. The van der Waals surface area contributed by atoms with Crippen LogP contribution in [0.15, 0.2) is 18.2 Å². The monoisotopic (exact) mass is 206 g/mol. The van der Waals surface area contributed by atoms with Crippen molar-refractivity contribution in [3.05, 3.63) is 29.3 Å². The lowest BCUT2D eigenvalue weighted by molar-refractivity contribution is -0.118.